The first-order valence-electron chi connectivity index (χ1n) is 6.41. The highest BCUT2D eigenvalue weighted by Gasteiger charge is 2.70. The normalized spacial score (nSPS) is 38.5. The molecule has 0 saturated carbocycles. The van der Waals surface area contributed by atoms with E-state index < -0.39 is 29.9 Å². The van der Waals surface area contributed by atoms with Crippen molar-refractivity contribution >= 4 is 11.9 Å². The zero-order valence-corrected chi connectivity index (χ0v) is 12.0. The van der Waals surface area contributed by atoms with Crippen LogP contribution in [-0.4, -0.2) is 53.0 Å². The van der Waals surface area contributed by atoms with E-state index in [-0.39, 0.29) is 17.7 Å². The quantitative estimate of drug-likeness (QED) is 0.693. The lowest BCUT2D eigenvalue weighted by molar-refractivity contribution is -0.162. The first-order valence-corrected chi connectivity index (χ1v) is 6.41. The van der Waals surface area contributed by atoms with E-state index in [1.54, 1.807) is 6.92 Å². The molecule has 1 N–H and O–H groups in total. The van der Waals surface area contributed by atoms with Crippen LogP contribution in [0.4, 0.5) is 0 Å². The first-order chi connectivity index (χ1) is 8.67. The molecule has 108 valence electrons. The van der Waals surface area contributed by atoms with Crippen molar-refractivity contribution in [3.05, 3.63) is 0 Å². The molecule has 6 heteroatoms. The van der Waals surface area contributed by atoms with Crippen LogP contribution < -0.4 is 0 Å². The lowest BCUT2D eigenvalue weighted by atomic mass is 9.87. The molecule has 2 rings (SSSR count). The fraction of sp³-hybridized carbons (Fsp3) is 0.846. The van der Waals surface area contributed by atoms with Crippen LogP contribution in [0.25, 0.3) is 0 Å². The highest BCUT2D eigenvalue weighted by atomic mass is 16.6. The van der Waals surface area contributed by atoms with Crippen molar-refractivity contribution in [1.29, 1.82) is 0 Å². The van der Waals surface area contributed by atoms with Crippen molar-refractivity contribution in [3.8, 4) is 0 Å². The Balaban J connectivity index is 2.54. The van der Waals surface area contributed by atoms with Gasteiger partial charge in [0.25, 0.3) is 0 Å². The SMILES string of the molecule is COC(=O)[C@@]12[C@@H](O)CC(=O)N1[C@@H](C(C)(C)C)O[C@@H]2C. The Kier molecular flexibility index (Phi) is 3.14. The summed E-state index contributed by atoms with van der Waals surface area (Å²) in [5.74, 6) is -0.896. The van der Waals surface area contributed by atoms with Crippen LogP contribution in [0, 0.1) is 5.41 Å². The molecule has 4 atom stereocenters. The standard InChI is InChI=1S/C13H21NO5/c1-7-13(11(17)18-5)8(15)6-9(16)14(13)10(19-7)12(2,3)4/h7-8,10,15H,6H2,1-5H3/t7-,8+,10-,13-/m1/s1. The van der Waals surface area contributed by atoms with E-state index >= 15 is 0 Å². The van der Waals surface area contributed by atoms with Gasteiger partial charge in [0.1, 0.15) is 6.23 Å². The maximum absolute atomic E-state index is 12.2. The zero-order chi connectivity index (χ0) is 14.6. The molecular formula is C13H21NO5. The Morgan fingerprint density at radius 3 is 2.58 bits per heavy atom. The van der Waals surface area contributed by atoms with Gasteiger partial charge in [-0.05, 0) is 6.92 Å². The highest BCUT2D eigenvalue weighted by molar-refractivity contribution is 5.94. The van der Waals surface area contributed by atoms with Crippen molar-refractivity contribution in [1.82, 2.24) is 4.90 Å². The Morgan fingerprint density at radius 2 is 2.11 bits per heavy atom. The zero-order valence-electron chi connectivity index (χ0n) is 12.0. The number of esters is 1. The number of carbonyl (C=O) groups is 2. The third-order valence-electron chi connectivity index (χ3n) is 3.98. The predicted molar refractivity (Wildman–Crippen MR) is 66.0 cm³/mol. The molecule has 0 aliphatic carbocycles. The monoisotopic (exact) mass is 271 g/mol. The van der Waals surface area contributed by atoms with Crippen LogP contribution in [0.5, 0.6) is 0 Å². The van der Waals surface area contributed by atoms with Crippen molar-refractivity contribution in [2.75, 3.05) is 7.11 Å². The van der Waals surface area contributed by atoms with Crippen LogP contribution in [0.3, 0.4) is 0 Å². The second-order valence-electron chi connectivity index (χ2n) is 6.30. The predicted octanol–water partition coefficient (Wildman–Crippen LogP) is 0.282. The molecule has 0 spiro atoms. The van der Waals surface area contributed by atoms with E-state index in [0.29, 0.717) is 0 Å². The molecule has 2 saturated heterocycles. The van der Waals surface area contributed by atoms with Gasteiger partial charge in [0.15, 0.2) is 5.54 Å². The molecule has 19 heavy (non-hydrogen) atoms. The third-order valence-corrected chi connectivity index (χ3v) is 3.98. The molecular weight excluding hydrogens is 250 g/mol. The second-order valence-corrected chi connectivity index (χ2v) is 6.30. The Morgan fingerprint density at radius 1 is 1.53 bits per heavy atom. The Bertz CT molecular complexity index is 416. The van der Waals surface area contributed by atoms with Gasteiger partial charge in [-0.15, -0.1) is 0 Å². The number of methoxy groups -OCH3 is 1. The van der Waals surface area contributed by atoms with Gasteiger partial charge in [-0.25, -0.2) is 4.79 Å². The van der Waals surface area contributed by atoms with Gasteiger partial charge in [0.2, 0.25) is 5.91 Å². The summed E-state index contributed by atoms with van der Waals surface area (Å²) in [4.78, 5) is 25.8. The number of carbonyl (C=O) groups excluding carboxylic acids is 2. The van der Waals surface area contributed by atoms with Gasteiger partial charge in [0, 0.05) is 5.41 Å². The van der Waals surface area contributed by atoms with Gasteiger partial charge >= 0.3 is 5.97 Å². The van der Waals surface area contributed by atoms with E-state index in [1.807, 2.05) is 20.8 Å². The maximum Gasteiger partial charge on any atom is 0.337 e. The van der Waals surface area contributed by atoms with Gasteiger partial charge < -0.3 is 14.6 Å². The summed E-state index contributed by atoms with van der Waals surface area (Å²) in [6.07, 6.45) is -2.33. The largest absolute Gasteiger partial charge is 0.467 e. The van der Waals surface area contributed by atoms with Crippen molar-refractivity contribution in [3.63, 3.8) is 0 Å². The first kappa shape index (κ1) is 14.3. The smallest absolute Gasteiger partial charge is 0.337 e. The Labute approximate surface area is 112 Å². The van der Waals surface area contributed by atoms with E-state index in [9.17, 15) is 14.7 Å². The summed E-state index contributed by atoms with van der Waals surface area (Å²) in [6, 6.07) is 0. The fourth-order valence-corrected chi connectivity index (χ4v) is 3.09. The molecule has 0 radical (unpaired) electrons. The van der Waals surface area contributed by atoms with Crippen LogP contribution in [-0.2, 0) is 19.1 Å². The van der Waals surface area contributed by atoms with Crippen molar-refractivity contribution < 1.29 is 24.2 Å². The van der Waals surface area contributed by atoms with Crippen molar-refractivity contribution in [2.24, 2.45) is 5.41 Å². The lowest BCUT2D eigenvalue weighted by Crippen LogP contribution is -2.61. The highest BCUT2D eigenvalue weighted by Crippen LogP contribution is 2.48. The average Bonchev–Trinajstić information content (AvgIpc) is 2.74. The number of rotatable bonds is 1. The molecule has 0 aromatic carbocycles. The number of hydrogen-bond donors (Lipinski definition) is 1. The third kappa shape index (κ3) is 1.70. The molecule has 0 unspecified atom stereocenters. The van der Waals surface area contributed by atoms with Crippen molar-refractivity contribution in [2.45, 2.75) is 58.1 Å². The number of aliphatic hydroxyl groups excluding tert-OH is 1. The number of nitrogens with zero attached hydrogens (tertiary/aromatic N) is 1. The topological polar surface area (TPSA) is 76.1 Å². The summed E-state index contributed by atoms with van der Waals surface area (Å²) in [5.41, 5.74) is -1.77. The minimum absolute atomic E-state index is 0.0740. The van der Waals surface area contributed by atoms with Gasteiger partial charge in [-0.1, -0.05) is 20.8 Å². The molecule has 2 aliphatic rings. The summed E-state index contributed by atoms with van der Waals surface area (Å²) in [5, 5.41) is 10.2. The second kappa shape index (κ2) is 4.18. The van der Waals surface area contributed by atoms with Gasteiger partial charge in [0.05, 0.1) is 25.7 Å². The number of aliphatic hydroxyl groups is 1. The molecule has 1 amide bonds. The number of hydrogen-bond acceptors (Lipinski definition) is 5. The number of ether oxygens (including phenoxy) is 2. The molecule has 0 aromatic rings. The van der Waals surface area contributed by atoms with E-state index in [4.69, 9.17) is 9.47 Å². The van der Waals surface area contributed by atoms with Gasteiger partial charge in [-0.2, -0.15) is 0 Å². The van der Waals surface area contributed by atoms with E-state index in [2.05, 4.69) is 0 Å². The molecule has 2 heterocycles. The molecule has 2 fully saturated rings. The number of fused-ring (bicyclic) bond motifs is 1. The fourth-order valence-electron chi connectivity index (χ4n) is 3.09. The van der Waals surface area contributed by atoms with E-state index in [1.165, 1.54) is 12.0 Å². The lowest BCUT2D eigenvalue weighted by Gasteiger charge is -2.37. The summed E-state index contributed by atoms with van der Waals surface area (Å²) in [7, 11) is 1.25. The minimum Gasteiger partial charge on any atom is -0.467 e. The maximum atomic E-state index is 12.2. The van der Waals surface area contributed by atoms with E-state index in [0.717, 1.165) is 0 Å². The van der Waals surface area contributed by atoms with Gasteiger partial charge in [-0.3, -0.25) is 9.69 Å². The molecule has 2 aliphatic heterocycles. The minimum atomic E-state index is -1.41. The van der Waals surface area contributed by atoms with Crippen LogP contribution in [0.1, 0.15) is 34.1 Å². The molecule has 6 nitrogen and oxygen atoms in total. The van der Waals surface area contributed by atoms with Crippen LogP contribution in [0.2, 0.25) is 0 Å². The Hall–Kier alpha value is -1.14. The van der Waals surface area contributed by atoms with Crippen LogP contribution in [0.15, 0.2) is 0 Å². The summed E-state index contributed by atoms with van der Waals surface area (Å²) >= 11 is 0. The molecule has 0 bridgehead atoms. The molecule has 0 aromatic heterocycles. The average molecular weight is 271 g/mol. The van der Waals surface area contributed by atoms with Crippen LogP contribution >= 0.6 is 0 Å². The summed E-state index contributed by atoms with van der Waals surface area (Å²) in [6.45, 7) is 7.47. The number of amides is 1. The summed E-state index contributed by atoms with van der Waals surface area (Å²) < 4.78 is 10.6.